The summed E-state index contributed by atoms with van der Waals surface area (Å²) in [6.07, 6.45) is -1.42. The zero-order chi connectivity index (χ0) is 20.7. The summed E-state index contributed by atoms with van der Waals surface area (Å²) in [6, 6.07) is 10.9. The number of carbonyl (C=O) groups is 3. The average Bonchev–Trinajstić information content (AvgIpc) is 2.64. The van der Waals surface area contributed by atoms with Crippen LogP contribution in [0.25, 0.3) is 0 Å². The lowest BCUT2D eigenvalue weighted by atomic mass is 10.2. The van der Waals surface area contributed by atoms with Gasteiger partial charge in [-0.2, -0.15) is 5.26 Å². The summed E-state index contributed by atoms with van der Waals surface area (Å²) in [6.45, 7) is 1.38. The molecule has 0 spiro atoms. The highest BCUT2D eigenvalue weighted by Gasteiger charge is 2.20. The first kappa shape index (κ1) is 20.9. The van der Waals surface area contributed by atoms with E-state index in [0.717, 1.165) is 12.1 Å². The van der Waals surface area contributed by atoms with Crippen LogP contribution in [-0.2, 0) is 14.3 Å². The molecule has 2 aromatic carbocycles. The maximum Gasteiger partial charge on any atom is 0.338 e. The molecule has 0 saturated carbocycles. The molecule has 28 heavy (non-hydrogen) atoms. The van der Waals surface area contributed by atoms with Crippen LogP contribution in [0.2, 0.25) is 5.02 Å². The Kier molecular flexibility index (Phi) is 7.07. The molecule has 0 aliphatic rings. The highest BCUT2D eigenvalue weighted by molar-refractivity contribution is 6.33. The van der Waals surface area contributed by atoms with Crippen molar-refractivity contribution >= 4 is 40.8 Å². The summed E-state index contributed by atoms with van der Waals surface area (Å²) in [5, 5.41) is 13.4. The van der Waals surface area contributed by atoms with E-state index in [1.165, 1.54) is 37.3 Å². The average molecular weight is 404 g/mol. The second-order valence-corrected chi connectivity index (χ2v) is 6.03. The van der Waals surface area contributed by atoms with Crippen LogP contribution in [0.15, 0.2) is 42.5 Å². The molecular formula is C19H15ClFN3O4. The Morgan fingerprint density at radius 2 is 1.86 bits per heavy atom. The molecule has 0 heterocycles. The summed E-state index contributed by atoms with van der Waals surface area (Å²) in [5.74, 6) is -2.40. The second-order valence-electron chi connectivity index (χ2n) is 5.62. The van der Waals surface area contributed by atoms with Gasteiger partial charge in [0.25, 0.3) is 5.91 Å². The van der Waals surface area contributed by atoms with E-state index in [2.05, 4.69) is 10.6 Å². The molecule has 0 bridgehead atoms. The Balaban J connectivity index is 1.94. The third-order valence-corrected chi connectivity index (χ3v) is 3.80. The van der Waals surface area contributed by atoms with E-state index in [4.69, 9.17) is 21.6 Å². The minimum Gasteiger partial charge on any atom is -0.449 e. The Labute approximate surface area is 165 Å². The van der Waals surface area contributed by atoms with Gasteiger partial charge < -0.3 is 15.4 Å². The minimum atomic E-state index is -1.14. The lowest BCUT2D eigenvalue weighted by Crippen LogP contribution is -2.30. The van der Waals surface area contributed by atoms with Crippen molar-refractivity contribution in [1.29, 1.82) is 5.26 Å². The van der Waals surface area contributed by atoms with Crippen LogP contribution in [0, 0.1) is 17.1 Å². The van der Waals surface area contributed by atoms with E-state index in [1.54, 1.807) is 6.07 Å². The summed E-state index contributed by atoms with van der Waals surface area (Å²) >= 11 is 5.84. The Morgan fingerprint density at radius 3 is 2.46 bits per heavy atom. The van der Waals surface area contributed by atoms with E-state index in [9.17, 15) is 18.8 Å². The molecular weight excluding hydrogens is 389 g/mol. The van der Waals surface area contributed by atoms with Crippen LogP contribution in [0.4, 0.5) is 15.8 Å². The number of nitrogens with zero attached hydrogens (tertiary/aromatic N) is 1. The molecule has 0 radical (unpaired) electrons. The first-order valence-electron chi connectivity index (χ1n) is 8.04. The van der Waals surface area contributed by atoms with Gasteiger partial charge in [-0.15, -0.1) is 0 Å². The second kappa shape index (κ2) is 9.48. The van der Waals surface area contributed by atoms with Crippen LogP contribution in [0.3, 0.4) is 0 Å². The molecule has 7 nitrogen and oxygen atoms in total. The Morgan fingerprint density at radius 1 is 1.18 bits per heavy atom. The largest absolute Gasteiger partial charge is 0.449 e. The van der Waals surface area contributed by atoms with Gasteiger partial charge in [0, 0.05) is 5.69 Å². The number of nitrogens with one attached hydrogen (secondary N) is 2. The van der Waals surface area contributed by atoms with E-state index >= 15 is 0 Å². The number of ether oxygens (including phenoxy) is 1. The number of rotatable bonds is 6. The molecule has 2 aromatic rings. The van der Waals surface area contributed by atoms with Gasteiger partial charge in [-0.05, 0) is 49.4 Å². The van der Waals surface area contributed by atoms with Gasteiger partial charge in [-0.3, -0.25) is 9.59 Å². The zero-order valence-corrected chi connectivity index (χ0v) is 15.4. The predicted octanol–water partition coefficient (Wildman–Crippen LogP) is 3.52. The fourth-order valence-electron chi connectivity index (χ4n) is 2.07. The minimum absolute atomic E-state index is 0.0147. The first-order valence-corrected chi connectivity index (χ1v) is 8.41. The molecule has 1 atom stereocenters. The lowest BCUT2D eigenvalue weighted by molar-refractivity contribution is -0.123. The van der Waals surface area contributed by atoms with Crippen LogP contribution < -0.4 is 10.6 Å². The number of benzene rings is 2. The Hall–Kier alpha value is -3.44. The van der Waals surface area contributed by atoms with E-state index < -0.39 is 29.7 Å². The summed E-state index contributed by atoms with van der Waals surface area (Å²) in [5.41, 5.74) is 0.764. The predicted molar refractivity (Wildman–Crippen MR) is 100 cm³/mol. The fraction of sp³-hybridized carbons (Fsp3) is 0.158. The normalized spacial score (nSPS) is 11.1. The smallest absolute Gasteiger partial charge is 0.338 e. The monoisotopic (exact) mass is 403 g/mol. The van der Waals surface area contributed by atoms with Crippen LogP contribution in [0.1, 0.15) is 23.7 Å². The van der Waals surface area contributed by atoms with Gasteiger partial charge in [-0.25, -0.2) is 9.18 Å². The van der Waals surface area contributed by atoms with Gasteiger partial charge in [0.1, 0.15) is 12.2 Å². The van der Waals surface area contributed by atoms with Crippen molar-refractivity contribution in [3.05, 3.63) is 58.9 Å². The third-order valence-electron chi connectivity index (χ3n) is 3.49. The highest BCUT2D eigenvalue weighted by Crippen LogP contribution is 2.22. The maximum atomic E-state index is 13.0. The van der Waals surface area contributed by atoms with Crippen LogP contribution >= 0.6 is 11.6 Å². The fourth-order valence-corrected chi connectivity index (χ4v) is 2.29. The molecule has 144 valence electrons. The van der Waals surface area contributed by atoms with Gasteiger partial charge in [0.05, 0.1) is 22.3 Å². The van der Waals surface area contributed by atoms with Crippen molar-refractivity contribution in [3.8, 4) is 6.07 Å². The van der Waals surface area contributed by atoms with Crippen molar-refractivity contribution in [1.82, 2.24) is 0 Å². The number of amides is 2. The van der Waals surface area contributed by atoms with Gasteiger partial charge in [0.2, 0.25) is 5.91 Å². The van der Waals surface area contributed by atoms with Crippen molar-refractivity contribution in [2.24, 2.45) is 0 Å². The molecule has 2 amide bonds. The first-order chi connectivity index (χ1) is 13.3. The van der Waals surface area contributed by atoms with Crippen molar-refractivity contribution in [2.75, 3.05) is 10.6 Å². The zero-order valence-electron chi connectivity index (χ0n) is 14.7. The number of esters is 1. The number of carbonyl (C=O) groups excluding carboxylic acids is 3. The Bertz CT molecular complexity index is 941. The molecule has 0 aromatic heterocycles. The van der Waals surface area contributed by atoms with Crippen LogP contribution in [-0.4, -0.2) is 23.9 Å². The third kappa shape index (κ3) is 5.79. The van der Waals surface area contributed by atoms with Crippen LogP contribution in [0.5, 0.6) is 0 Å². The quantitative estimate of drug-likeness (QED) is 0.717. The molecule has 0 unspecified atom stereocenters. The molecule has 2 N–H and O–H groups in total. The van der Waals surface area contributed by atoms with Gasteiger partial charge in [-0.1, -0.05) is 11.6 Å². The van der Waals surface area contributed by atoms with Crippen molar-refractivity contribution in [2.45, 2.75) is 19.4 Å². The molecule has 9 heteroatoms. The molecule has 2 rings (SSSR count). The number of hydrogen-bond acceptors (Lipinski definition) is 5. The summed E-state index contributed by atoms with van der Waals surface area (Å²) in [4.78, 5) is 35.6. The SMILES string of the molecule is C[C@@H](OC(=O)c1ccc(NC(=O)CC#N)cc1)C(=O)Nc1ccc(F)cc1Cl. The lowest BCUT2D eigenvalue weighted by Gasteiger charge is -2.14. The van der Waals surface area contributed by atoms with Crippen molar-refractivity contribution < 1.29 is 23.5 Å². The van der Waals surface area contributed by atoms with Gasteiger partial charge in [0.15, 0.2) is 6.10 Å². The number of nitriles is 1. The molecule has 0 saturated heterocycles. The number of halogens is 2. The highest BCUT2D eigenvalue weighted by atomic mass is 35.5. The summed E-state index contributed by atoms with van der Waals surface area (Å²) in [7, 11) is 0. The number of anilines is 2. The molecule has 0 fully saturated rings. The standard InChI is InChI=1S/C19H15ClFN3O4/c1-11(18(26)24-16-7-4-13(21)10-15(16)20)28-19(27)12-2-5-14(6-3-12)23-17(25)8-9-22/h2-7,10-11H,8H2,1H3,(H,23,25)(H,24,26)/t11-/m1/s1. The molecule has 0 aliphatic heterocycles. The van der Waals surface area contributed by atoms with Crippen molar-refractivity contribution in [3.63, 3.8) is 0 Å². The van der Waals surface area contributed by atoms with E-state index in [-0.39, 0.29) is 22.7 Å². The number of hydrogen-bond donors (Lipinski definition) is 2. The van der Waals surface area contributed by atoms with Gasteiger partial charge >= 0.3 is 5.97 Å². The van der Waals surface area contributed by atoms with E-state index in [1.807, 2.05) is 0 Å². The molecule has 0 aliphatic carbocycles. The summed E-state index contributed by atoms with van der Waals surface area (Å²) < 4.78 is 18.1. The topological polar surface area (TPSA) is 108 Å². The van der Waals surface area contributed by atoms with E-state index in [0.29, 0.717) is 5.69 Å². The maximum absolute atomic E-state index is 13.0.